The zero-order valence-electron chi connectivity index (χ0n) is 11.4. The van der Waals surface area contributed by atoms with Crippen molar-refractivity contribution in [3.63, 3.8) is 0 Å². The monoisotopic (exact) mass is 278 g/mol. The van der Waals surface area contributed by atoms with Crippen LogP contribution in [0.5, 0.6) is 0 Å². The summed E-state index contributed by atoms with van der Waals surface area (Å²) in [5.74, 6) is 0.743. The fourth-order valence-corrected chi connectivity index (χ4v) is 4.87. The molecule has 0 aromatic heterocycles. The van der Waals surface area contributed by atoms with Crippen molar-refractivity contribution in [2.45, 2.75) is 23.3 Å². The van der Waals surface area contributed by atoms with Crippen LogP contribution in [-0.2, 0) is 0 Å². The maximum absolute atomic E-state index is 2.44. The maximum atomic E-state index is 2.44. The van der Waals surface area contributed by atoms with Gasteiger partial charge in [-0.1, -0.05) is 66.7 Å². The normalized spacial score (nSPS) is 27.7. The van der Waals surface area contributed by atoms with E-state index >= 15 is 0 Å². The van der Waals surface area contributed by atoms with E-state index < -0.39 is 0 Å². The zero-order chi connectivity index (χ0) is 13.4. The molecule has 1 fully saturated rings. The minimum absolute atomic E-state index is 0.670. The van der Waals surface area contributed by atoms with Crippen molar-refractivity contribution < 1.29 is 0 Å². The molecule has 20 heavy (non-hydrogen) atoms. The summed E-state index contributed by atoms with van der Waals surface area (Å²) in [6, 6.07) is 19.8. The fraction of sp³-hybridized carbons (Fsp3) is 0.263. The Kier molecular flexibility index (Phi) is 3.16. The van der Waals surface area contributed by atoms with Crippen LogP contribution in [-0.4, -0.2) is 5.25 Å². The number of benzene rings is 2. The molecule has 0 spiro atoms. The summed E-state index contributed by atoms with van der Waals surface area (Å²) >= 11 is 2.15. The molecular formula is C19H18S. The Morgan fingerprint density at radius 3 is 2.10 bits per heavy atom. The van der Waals surface area contributed by atoms with Gasteiger partial charge in [0.1, 0.15) is 0 Å². The summed E-state index contributed by atoms with van der Waals surface area (Å²) in [6.45, 7) is 0. The van der Waals surface area contributed by atoms with Crippen LogP contribution in [0, 0.1) is 5.92 Å². The van der Waals surface area contributed by atoms with Crippen LogP contribution in [0.1, 0.15) is 23.7 Å². The molecule has 0 amide bonds. The van der Waals surface area contributed by atoms with Crippen molar-refractivity contribution in [1.82, 2.24) is 0 Å². The molecule has 0 nitrogen and oxygen atoms in total. The van der Waals surface area contributed by atoms with Gasteiger partial charge in [0, 0.05) is 10.5 Å². The summed E-state index contributed by atoms with van der Waals surface area (Å²) in [5.41, 5.74) is 4.11. The highest BCUT2D eigenvalue weighted by Gasteiger charge is 2.33. The average Bonchev–Trinajstić information content (AvgIpc) is 2.57. The standard InChI is InChI=1S/C19H18S/c1-2-4-14(5-3-1)15-6-8-16(9-7-15)19-17-10-12-18(20-19)13-11-17/h1-10,12,17-19H,11,13H2. The first kappa shape index (κ1) is 12.3. The molecule has 2 heterocycles. The summed E-state index contributed by atoms with van der Waals surface area (Å²) in [7, 11) is 0. The van der Waals surface area contributed by atoms with E-state index in [1.54, 1.807) is 0 Å². The molecule has 1 heteroatoms. The van der Waals surface area contributed by atoms with E-state index in [2.05, 4.69) is 78.5 Å². The van der Waals surface area contributed by atoms with Crippen LogP contribution in [0.25, 0.3) is 11.1 Å². The van der Waals surface area contributed by atoms with Gasteiger partial charge in [-0.2, -0.15) is 0 Å². The third-order valence-electron chi connectivity index (χ3n) is 4.41. The Hall–Kier alpha value is -1.47. The molecule has 2 aliphatic heterocycles. The third-order valence-corrected chi connectivity index (χ3v) is 6.07. The van der Waals surface area contributed by atoms with Crippen molar-refractivity contribution in [2.75, 3.05) is 0 Å². The topological polar surface area (TPSA) is 0 Å². The fourth-order valence-electron chi connectivity index (χ4n) is 3.29. The molecule has 0 N–H and O–H groups in total. The van der Waals surface area contributed by atoms with Crippen LogP contribution in [0.15, 0.2) is 66.7 Å². The van der Waals surface area contributed by atoms with Gasteiger partial charge in [-0.25, -0.2) is 0 Å². The molecule has 100 valence electrons. The van der Waals surface area contributed by atoms with Crippen LogP contribution in [0.4, 0.5) is 0 Å². The van der Waals surface area contributed by atoms with E-state index in [9.17, 15) is 0 Å². The summed E-state index contributed by atoms with van der Waals surface area (Å²) in [4.78, 5) is 0. The molecule has 2 bridgehead atoms. The molecule has 1 saturated heterocycles. The predicted molar refractivity (Wildman–Crippen MR) is 87.9 cm³/mol. The maximum Gasteiger partial charge on any atom is 0.0365 e. The van der Waals surface area contributed by atoms with Gasteiger partial charge in [0.05, 0.1) is 0 Å². The molecule has 3 atom stereocenters. The van der Waals surface area contributed by atoms with Gasteiger partial charge >= 0.3 is 0 Å². The summed E-state index contributed by atoms with van der Waals surface area (Å²) in [6.07, 6.45) is 7.58. The van der Waals surface area contributed by atoms with E-state index in [1.807, 2.05) is 0 Å². The second-order valence-corrected chi connectivity index (χ2v) is 7.09. The third kappa shape index (κ3) is 2.20. The SMILES string of the molecule is C1=CC2CCC1SC2c1ccc(-c2ccccc2)cc1. The largest absolute Gasteiger partial charge is 0.146 e. The molecule has 5 rings (SSSR count). The molecule has 0 saturated carbocycles. The number of thioether (sulfide) groups is 1. The first-order valence-corrected chi connectivity index (χ1v) is 8.33. The Morgan fingerprint density at radius 2 is 1.50 bits per heavy atom. The van der Waals surface area contributed by atoms with Crippen LogP contribution >= 0.6 is 11.8 Å². The zero-order valence-corrected chi connectivity index (χ0v) is 12.2. The first-order chi connectivity index (χ1) is 9.90. The van der Waals surface area contributed by atoms with Crippen molar-refractivity contribution in [3.05, 3.63) is 72.3 Å². The van der Waals surface area contributed by atoms with Gasteiger partial charge in [0.15, 0.2) is 0 Å². The van der Waals surface area contributed by atoms with Gasteiger partial charge < -0.3 is 0 Å². The van der Waals surface area contributed by atoms with Crippen molar-refractivity contribution in [3.8, 4) is 11.1 Å². The summed E-state index contributed by atoms with van der Waals surface area (Å²) < 4.78 is 0. The van der Waals surface area contributed by atoms with Gasteiger partial charge in [0.25, 0.3) is 0 Å². The van der Waals surface area contributed by atoms with Crippen molar-refractivity contribution >= 4 is 11.8 Å². The smallest absolute Gasteiger partial charge is 0.0365 e. The number of fused-ring (bicyclic) bond motifs is 2. The van der Waals surface area contributed by atoms with Crippen molar-refractivity contribution in [1.29, 1.82) is 0 Å². The lowest BCUT2D eigenvalue weighted by molar-refractivity contribution is 0.509. The summed E-state index contributed by atoms with van der Waals surface area (Å²) in [5, 5.41) is 1.42. The quantitative estimate of drug-likeness (QED) is 0.656. The number of hydrogen-bond donors (Lipinski definition) is 0. The van der Waals surface area contributed by atoms with Crippen LogP contribution < -0.4 is 0 Å². The Morgan fingerprint density at radius 1 is 0.750 bits per heavy atom. The number of hydrogen-bond acceptors (Lipinski definition) is 1. The Balaban J connectivity index is 1.61. The molecule has 3 unspecified atom stereocenters. The minimum atomic E-state index is 0.670. The van der Waals surface area contributed by atoms with E-state index in [4.69, 9.17) is 0 Å². The van der Waals surface area contributed by atoms with Gasteiger partial charge in [-0.15, -0.1) is 11.8 Å². The van der Waals surface area contributed by atoms with E-state index in [0.29, 0.717) is 5.25 Å². The molecule has 2 aromatic rings. The second kappa shape index (κ2) is 5.14. The van der Waals surface area contributed by atoms with Gasteiger partial charge in [0.2, 0.25) is 0 Å². The highest BCUT2D eigenvalue weighted by molar-refractivity contribution is 8.00. The van der Waals surface area contributed by atoms with Gasteiger partial charge in [-0.05, 0) is 35.4 Å². The average molecular weight is 278 g/mol. The predicted octanol–water partition coefficient (Wildman–Crippen LogP) is 5.48. The Bertz CT molecular complexity index is 612. The first-order valence-electron chi connectivity index (χ1n) is 7.39. The minimum Gasteiger partial charge on any atom is -0.146 e. The molecule has 3 aliphatic rings. The highest BCUT2D eigenvalue weighted by atomic mass is 32.2. The lowest BCUT2D eigenvalue weighted by Crippen LogP contribution is -2.23. The molecular weight excluding hydrogens is 260 g/mol. The van der Waals surface area contributed by atoms with Gasteiger partial charge in [-0.3, -0.25) is 0 Å². The molecule has 0 radical (unpaired) electrons. The molecule has 1 aliphatic carbocycles. The van der Waals surface area contributed by atoms with Crippen LogP contribution in [0.3, 0.4) is 0 Å². The van der Waals surface area contributed by atoms with E-state index in [-0.39, 0.29) is 0 Å². The highest BCUT2D eigenvalue weighted by Crippen LogP contribution is 2.50. The number of rotatable bonds is 2. The van der Waals surface area contributed by atoms with E-state index in [0.717, 1.165) is 11.2 Å². The second-order valence-electron chi connectivity index (χ2n) is 5.71. The van der Waals surface area contributed by atoms with E-state index in [1.165, 1.54) is 29.5 Å². The van der Waals surface area contributed by atoms with Crippen LogP contribution in [0.2, 0.25) is 0 Å². The number of allylic oxidation sites excluding steroid dienone is 1. The lowest BCUT2D eigenvalue weighted by Gasteiger charge is -2.37. The Labute approximate surface area is 124 Å². The van der Waals surface area contributed by atoms with Crippen molar-refractivity contribution in [2.24, 2.45) is 5.92 Å². The lowest BCUT2D eigenvalue weighted by atomic mass is 9.88. The molecule has 2 aromatic carbocycles.